The third-order valence-corrected chi connectivity index (χ3v) is 5.60. The lowest BCUT2D eigenvalue weighted by Gasteiger charge is -2.30. The van der Waals surface area contributed by atoms with Gasteiger partial charge in [0.05, 0.1) is 11.6 Å². The molecule has 4 rings (SSSR count). The van der Waals surface area contributed by atoms with E-state index >= 15 is 0 Å². The van der Waals surface area contributed by atoms with Gasteiger partial charge < -0.3 is 9.32 Å². The molecule has 6 heteroatoms. The maximum Gasteiger partial charge on any atom is 0.419 e. The van der Waals surface area contributed by atoms with Crippen LogP contribution in [-0.2, 0) is 11.3 Å². The lowest BCUT2D eigenvalue weighted by atomic mass is 10.1. The minimum absolute atomic E-state index is 0.00902. The van der Waals surface area contributed by atoms with Crippen molar-refractivity contribution in [1.29, 1.82) is 0 Å². The van der Waals surface area contributed by atoms with Crippen molar-refractivity contribution in [2.45, 2.75) is 51.2 Å². The van der Waals surface area contributed by atoms with Gasteiger partial charge in [-0.3, -0.25) is 9.36 Å². The number of rotatable bonds is 7. The predicted octanol–water partition coefficient (Wildman–Crippen LogP) is 4.78. The lowest BCUT2D eigenvalue weighted by Crippen LogP contribution is -2.35. The second-order valence-corrected chi connectivity index (χ2v) is 7.79. The van der Waals surface area contributed by atoms with Gasteiger partial charge in [-0.15, -0.1) is 0 Å². The number of carbonyl (C=O) groups is 1. The largest absolute Gasteiger partial charge is 0.419 e. The number of oxazole rings is 1. The number of aromatic nitrogens is 1. The van der Waals surface area contributed by atoms with Crippen LogP contribution in [0.5, 0.6) is 0 Å². The highest BCUT2D eigenvalue weighted by Gasteiger charge is 2.35. The van der Waals surface area contributed by atoms with E-state index in [0.29, 0.717) is 36.0 Å². The Bertz CT molecular complexity index is 1030. The van der Waals surface area contributed by atoms with Gasteiger partial charge in [0.15, 0.2) is 5.58 Å². The molecular weight excluding hydrogens is 376 g/mol. The lowest BCUT2D eigenvalue weighted by molar-refractivity contribution is -0.134. The van der Waals surface area contributed by atoms with Crippen molar-refractivity contribution in [3.05, 3.63) is 69.7 Å². The van der Waals surface area contributed by atoms with Gasteiger partial charge in [-0.2, -0.15) is 0 Å². The van der Waals surface area contributed by atoms with Crippen molar-refractivity contribution in [2.75, 3.05) is 0 Å². The Kier molecular flexibility index (Phi) is 5.27. The van der Waals surface area contributed by atoms with Crippen LogP contribution >= 0.6 is 11.6 Å². The summed E-state index contributed by atoms with van der Waals surface area (Å²) in [7, 11) is 0. The molecular formula is C22H23ClN2O3. The first kappa shape index (κ1) is 18.8. The van der Waals surface area contributed by atoms with Crippen LogP contribution in [-0.4, -0.2) is 21.4 Å². The number of carbonyl (C=O) groups excluding carboxylic acids is 1. The van der Waals surface area contributed by atoms with Crippen molar-refractivity contribution < 1.29 is 9.21 Å². The summed E-state index contributed by atoms with van der Waals surface area (Å²) in [5.74, 6) is -0.243. The van der Waals surface area contributed by atoms with Gasteiger partial charge in [0.1, 0.15) is 0 Å². The van der Waals surface area contributed by atoms with E-state index < -0.39 is 0 Å². The summed E-state index contributed by atoms with van der Waals surface area (Å²) in [6.07, 6.45) is 3.10. The Labute approximate surface area is 168 Å². The highest BCUT2D eigenvalue weighted by atomic mass is 35.5. The molecule has 2 aromatic carbocycles. The van der Waals surface area contributed by atoms with Crippen LogP contribution in [0.25, 0.3) is 11.1 Å². The molecule has 5 nitrogen and oxygen atoms in total. The van der Waals surface area contributed by atoms with Gasteiger partial charge in [0.2, 0.25) is 5.91 Å². The van der Waals surface area contributed by atoms with Gasteiger partial charge in [-0.25, -0.2) is 4.79 Å². The van der Waals surface area contributed by atoms with E-state index in [0.717, 1.165) is 23.9 Å². The number of benzene rings is 2. The van der Waals surface area contributed by atoms with E-state index in [4.69, 9.17) is 16.0 Å². The molecule has 0 N–H and O–H groups in total. The number of aryl methyl sites for hydroxylation is 1. The molecule has 1 aliphatic carbocycles. The van der Waals surface area contributed by atoms with Crippen LogP contribution in [0.1, 0.15) is 44.2 Å². The Balaban J connectivity index is 1.43. The summed E-state index contributed by atoms with van der Waals surface area (Å²) in [5.41, 5.74) is 2.44. The molecule has 1 atom stereocenters. The summed E-state index contributed by atoms with van der Waals surface area (Å²) < 4.78 is 6.86. The predicted molar refractivity (Wildman–Crippen MR) is 109 cm³/mol. The van der Waals surface area contributed by atoms with E-state index in [1.807, 2.05) is 47.4 Å². The van der Waals surface area contributed by atoms with E-state index in [1.165, 1.54) is 0 Å². The summed E-state index contributed by atoms with van der Waals surface area (Å²) in [5, 5.41) is 0.693. The fourth-order valence-corrected chi connectivity index (χ4v) is 3.86. The number of hydrogen-bond acceptors (Lipinski definition) is 3. The number of hydrogen-bond donors (Lipinski definition) is 0. The van der Waals surface area contributed by atoms with Crippen molar-refractivity contribution >= 4 is 28.6 Å². The molecule has 0 unspecified atom stereocenters. The molecule has 0 aliphatic heterocycles. The Morgan fingerprint density at radius 3 is 2.64 bits per heavy atom. The van der Waals surface area contributed by atoms with Crippen LogP contribution in [0.2, 0.25) is 5.02 Å². The molecule has 1 fully saturated rings. The first-order valence-electron chi connectivity index (χ1n) is 9.69. The Morgan fingerprint density at radius 2 is 1.93 bits per heavy atom. The molecule has 1 aromatic heterocycles. The van der Waals surface area contributed by atoms with Gasteiger partial charge in [0.25, 0.3) is 0 Å². The molecule has 0 spiro atoms. The number of nitrogens with zero attached hydrogens (tertiary/aromatic N) is 2. The van der Waals surface area contributed by atoms with Crippen molar-refractivity contribution in [1.82, 2.24) is 9.47 Å². The summed E-state index contributed by atoms with van der Waals surface area (Å²) in [6, 6.07) is 15.4. The average molecular weight is 399 g/mol. The molecule has 3 aromatic rings. The van der Waals surface area contributed by atoms with E-state index in [2.05, 4.69) is 6.92 Å². The summed E-state index contributed by atoms with van der Waals surface area (Å²) >= 11 is 5.99. The number of fused-ring (bicyclic) bond motifs is 1. The second-order valence-electron chi connectivity index (χ2n) is 7.35. The van der Waals surface area contributed by atoms with Gasteiger partial charge in [-0.05, 0) is 56.0 Å². The third-order valence-electron chi connectivity index (χ3n) is 5.34. The summed E-state index contributed by atoms with van der Waals surface area (Å²) in [4.78, 5) is 27.0. The topological polar surface area (TPSA) is 55.5 Å². The molecule has 0 saturated heterocycles. The number of amides is 1. The van der Waals surface area contributed by atoms with E-state index in [9.17, 15) is 9.59 Å². The average Bonchev–Trinajstić information content (AvgIpc) is 3.46. The van der Waals surface area contributed by atoms with Crippen LogP contribution in [0.3, 0.4) is 0 Å². The zero-order chi connectivity index (χ0) is 19.7. The SMILES string of the molecule is C[C@@H](c1ccc(Cl)cc1)N(C(=O)CCCn1c(=O)oc2ccccc21)C1CC1. The molecule has 1 heterocycles. The van der Waals surface area contributed by atoms with E-state index in [1.54, 1.807) is 10.6 Å². The van der Waals surface area contributed by atoms with Gasteiger partial charge in [0, 0.05) is 24.0 Å². The molecule has 28 heavy (non-hydrogen) atoms. The third kappa shape index (κ3) is 3.85. The Morgan fingerprint density at radius 1 is 1.21 bits per heavy atom. The molecule has 0 bridgehead atoms. The standard InChI is InChI=1S/C22H23ClN2O3/c1-15(16-8-10-17(23)11-9-16)25(18-12-13-18)21(26)7-4-14-24-19-5-2-3-6-20(19)28-22(24)27/h2-3,5-6,8-11,15,18H,4,7,12-14H2,1H3/t15-/m0/s1. The first-order valence-corrected chi connectivity index (χ1v) is 10.1. The molecule has 0 radical (unpaired) electrons. The highest BCUT2D eigenvalue weighted by molar-refractivity contribution is 6.30. The minimum Gasteiger partial charge on any atom is -0.408 e. The zero-order valence-corrected chi connectivity index (χ0v) is 16.6. The quantitative estimate of drug-likeness (QED) is 0.575. The minimum atomic E-state index is -0.373. The highest BCUT2D eigenvalue weighted by Crippen LogP contribution is 2.35. The smallest absolute Gasteiger partial charge is 0.408 e. The van der Waals surface area contributed by atoms with Crippen molar-refractivity contribution in [3.8, 4) is 0 Å². The second kappa shape index (κ2) is 7.84. The number of halogens is 1. The fraction of sp³-hybridized carbons (Fsp3) is 0.364. The van der Waals surface area contributed by atoms with Crippen LogP contribution in [0.15, 0.2) is 57.7 Å². The maximum atomic E-state index is 13.0. The normalized spacial score (nSPS) is 14.9. The maximum absolute atomic E-state index is 13.0. The first-order chi connectivity index (χ1) is 13.5. The van der Waals surface area contributed by atoms with Crippen molar-refractivity contribution in [2.24, 2.45) is 0 Å². The summed E-state index contributed by atoms with van der Waals surface area (Å²) in [6.45, 7) is 2.53. The van der Waals surface area contributed by atoms with Crippen molar-refractivity contribution in [3.63, 3.8) is 0 Å². The fourth-order valence-electron chi connectivity index (χ4n) is 3.73. The Hall–Kier alpha value is -2.53. The number of para-hydroxylation sites is 2. The van der Waals surface area contributed by atoms with Gasteiger partial charge in [-0.1, -0.05) is 35.9 Å². The molecule has 146 valence electrons. The van der Waals surface area contributed by atoms with Crippen LogP contribution in [0, 0.1) is 0 Å². The molecule has 1 amide bonds. The van der Waals surface area contributed by atoms with E-state index in [-0.39, 0.29) is 17.7 Å². The molecule has 1 aliphatic rings. The van der Waals surface area contributed by atoms with Crippen LogP contribution < -0.4 is 5.76 Å². The monoisotopic (exact) mass is 398 g/mol. The zero-order valence-electron chi connectivity index (χ0n) is 15.8. The molecule has 1 saturated carbocycles. The van der Waals surface area contributed by atoms with Gasteiger partial charge >= 0.3 is 5.76 Å². The van der Waals surface area contributed by atoms with Crippen LogP contribution in [0.4, 0.5) is 0 Å².